The molecule has 0 radical (unpaired) electrons. The standard InChI is InChI=1S/C17H28ClNO/c1-13(2)11-19-12-17(14(3)8-9-20-4)15-6-5-7-16(18)10-15/h5-7,10,13-14,17,19H,8-9,11-12H2,1-4H3. The SMILES string of the molecule is COCCC(C)C(CNCC(C)C)c1cccc(Cl)c1. The number of nitrogens with one attached hydrogen (secondary N) is 1. The van der Waals surface area contributed by atoms with Crippen LogP contribution in [0.25, 0.3) is 0 Å². The lowest BCUT2D eigenvalue weighted by Crippen LogP contribution is -2.29. The van der Waals surface area contributed by atoms with E-state index in [0.717, 1.165) is 31.1 Å². The van der Waals surface area contributed by atoms with Gasteiger partial charge in [0.2, 0.25) is 0 Å². The van der Waals surface area contributed by atoms with E-state index in [2.05, 4.69) is 38.2 Å². The van der Waals surface area contributed by atoms with Crippen molar-refractivity contribution in [3.05, 3.63) is 34.9 Å². The molecule has 2 nitrogen and oxygen atoms in total. The van der Waals surface area contributed by atoms with Crippen LogP contribution in [0.4, 0.5) is 0 Å². The molecule has 0 spiro atoms. The summed E-state index contributed by atoms with van der Waals surface area (Å²) in [5.74, 6) is 1.71. The van der Waals surface area contributed by atoms with E-state index in [4.69, 9.17) is 16.3 Å². The van der Waals surface area contributed by atoms with Gasteiger partial charge in [0.05, 0.1) is 0 Å². The van der Waals surface area contributed by atoms with Gasteiger partial charge in [-0.15, -0.1) is 0 Å². The predicted octanol–water partition coefficient (Wildman–Crippen LogP) is 4.34. The highest BCUT2D eigenvalue weighted by Gasteiger charge is 2.19. The Morgan fingerprint density at radius 1 is 1.20 bits per heavy atom. The topological polar surface area (TPSA) is 21.3 Å². The van der Waals surface area contributed by atoms with Gasteiger partial charge in [0.1, 0.15) is 0 Å². The predicted molar refractivity (Wildman–Crippen MR) is 87.6 cm³/mol. The van der Waals surface area contributed by atoms with Gasteiger partial charge in [-0.3, -0.25) is 0 Å². The Hall–Kier alpha value is -0.570. The van der Waals surface area contributed by atoms with E-state index in [9.17, 15) is 0 Å². The fourth-order valence-corrected chi connectivity index (χ4v) is 2.62. The van der Waals surface area contributed by atoms with Gasteiger partial charge in [0.15, 0.2) is 0 Å². The van der Waals surface area contributed by atoms with Crippen LogP contribution in [0.5, 0.6) is 0 Å². The zero-order valence-electron chi connectivity index (χ0n) is 13.2. The van der Waals surface area contributed by atoms with E-state index < -0.39 is 0 Å². The number of hydrogen-bond acceptors (Lipinski definition) is 2. The summed E-state index contributed by atoms with van der Waals surface area (Å²) in [6, 6.07) is 8.24. The second-order valence-corrected chi connectivity index (χ2v) is 6.41. The Balaban J connectivity index is 2.72. The van der Waals surface area contributed by atoms with E-state index in [1.807, 2.05) is 12.1 Å². The number of rotatable bonds is 9. The first kappa shape index (κ1) is 17.5. The maximum atomic E-state index is 6.14. The fraction of sp³-hybridized carbons (Fsp3) is 0.647. The van der Waals surface area contributed by atoms with Crippen molar-refractivity contribution in [3.8, 4) is 0 Å². The molecule has 1 rings (SSSR count). The number of halogens is 1. The molecule has 0 fully saturated rings. The highest BCUT2D eigenvalue weighted by molar-refractivity contribution is 6.30. The molecular weight excluding hydrogens is 270 g/mol. The molecule has 0 heterocycles. The van der Waals surface area contributed by atoms with Crippen LogP contribution in [0, 0.1) is 11.8 Å². The van der Waals surface area contributed by atoms with Crippen molar-refractivity contribution in [2.45, 2.75) is 33.1 Å². The third-order valence-electron chi connectivity index (χ3n) is 3.66. The van der Waals surface area contributed by atoms with Gasteiger partial charge >= 0.3 is 0 Å². The first-order chi connectivity index (χ1) is 9.54. The third-order valence-corrected chi connectivity index (χ3v) is 3.89. The zero-order chi connectivity index (χ0) is 15.0. The molecule has 2 atom stereocenters. The third kappa shape index (κ3) is 6.25. The van der Waals surface area contributed by atoms with Crippen molar-refractivity contribution in [1.82, 2.24) is 5.32 Å². The summed E-state index contributed by atoms with van der Waals surface area (Å²) in [6.07, 6.45) is 1.07. The summed E-state index contributed by atoms with van der Waals surface area (Å²) < 4.78 is 5.22. The number of benzene rings is 1. The monoisotopic (exact) mass is 297 g/mol. The van der Waals surface area contributed by atoms with Crippen molar-refractivity contribution in [3.63, 3.8) is 0 Å². The zero-order valence-corrected chi connectivity index (χ0v) is 13.9. The average molecular weight is 298 g/mol. The van der Waals surface area contributed by atoms with E-state index in [1.165, 1.54) is 5.56 Å². The highest BCUT2D eigenvalue weighted by atomic mass is 35.5. The molecule has 1 aromatic carbocycles. The Morgan fingerprint density at radius 3 is 2.55 bits per heavy atom. The largest absolute Gasteiger partial charge is 0.385 e. The molecule has 20 heavy (non-hydrogen) atoms. The highest BCUT2D eigenvalue weighted by Crippen LogP contribution is 2.28. The molecule has 0 aliphatic heterocycles. The second kappa shape index (κ2) is 9.38. The molecule has 3 heteroatoms. The fourth-order valence-electron chi connectivity index (χ4n) is 2.42. The Morgan fingerprint density at radius 2 is 1.95 bits per heavy atom. The maximum absolute atomic E-state index is 6.14. The Kier molecular flexibility index (Phi) is 8.20. The van der Waals surface area contributed by atoms with Gasteiger partial charge in [-0.2, -0.15) is 0 Å². The first-order valence-electron chi connectivity index (χ1n) is 7.49. The van der Waals surface area contributed by atoms with Crippen LogP contribution < -0.4 is 5.32 Å². The van der Waals surface area contributed by atoms with E-state index in [-0.39, 0.29) is 0 Å². The molecule has 2 unspecified atom stereocenters. The van der Waals surface area contributed by atoms with Gasteiger partial charge in [-0.05, 0) is 48.4 Å². The maximum Gasteiger partial charge on any atom is 0.0465 e. The molecule has 0 aliphatic carbocycles. The van der Waals surface area contributed by atoms with Crippen molar-refractivity contribution >= 4 is 11.6 Å². The Bertz CT molecular complexity index is 381. The lowest BCUT2D eigenvalue weighted by atomic mass is 9.85. The van der Waals surface area contributed by atoms with Crippen LogP contribution in [0.15, 0.2) is 24.3 Å². The van der Waals surface area contributed by atoms with Crippen molar-refractivity contribution in [2.75, 3.05) is 26.8 Å². The minimum Gasteiger partial charge on any atom is -0.385 e. The smallest absolute Gasteiger partial charge is 0.0465 e. The molecule has 0 aromatic heterocycles. The van der Waals surface area contributed by atoms with Crippen molar-refractivity contribution < 1.29 is 4.74 Å². The minimum atomic E-state index is 0.475. The van der Waals surface area contributed by atoms with Gasteiger partial charge in [0.25, 0.3) is 0 Å². The molecule has 0 aliphatic rings. The second-order valence-electron chi connectivity index (χ2n) is 5.97. The number of hydrogen-bond donors (Lipinski definition) is 1. The lowest BCUT2D eigenvalue weighted by Gasteiger charge is -2.25. The van der Waals surface area contributed by atoms with Crippen LogP contribution in [0.1, 0.15) is 38.7 Å². The normalized spacial score (nSPS) is 14.5. The van der Waals surface area contributed by atoms with E-state index in [1.54, 1.807) is 7.11 Å². The summed E-state index contributed by atoms with van der Waals surface area (Å²) in [6.45, 7) is 9.60. The molecule has 0 saturated heterocycles. The molecule has 0 amide bonds. The molecule has 1 N–H and O–H groups in total. The van der Waals surface area contributed by atoms with Crippen LogP contribution in [0.2, 0.25) is 5.02 Å². The van der Waals surface area contributed by atoms with Crippen LogP contribution in [-0.2, 0) is 4.74 Å². The van der Waals surface area contributed by atoms with E-state index in [0.29, 0.717) is 17.8 Å². The number of ether oxygens (including phenoxy) is 1. The molecule has 0 bridgehead atoms. The quantitative estimate of drug-likeness (QED) is 0.732. The molecule has 0 saturated carbocycles. The summed E-state index contributed by atoms with van der Waals surface area (Å²) in [5.41, 5.74) is 1.32. The Labute approximate surface area is 128 Å². The molecular formula is C17H28ClNO. The van der Waals surface area contributed by atoms with E-state index >= 15 is 0 Å². The molecule has 114 valence electrons. The van der Waals surface area contributed by atoms with Crippen LogP contribution >= 0.6 is 11.6 Å². The first-order valence-corrected chi connectivity index (χ1v) is 7.87. The van der Waals surface area contributed by atoms with Gasteiger partial charge < -0.3 is 10.1 Å². The summed E-state index contributed by atoms with van der Waals surface area (Å²) in [5, 5.41) is 4.39. The lowest BCUT2D eigenvalue weighted by molar-refractivity contribution is 0.173. The summed E-state index contributed by atoms with van der Waals surface area (Å²) >= 11 is 6.14. The summed E-state index contributed by atoms with van der Waals surface area (Å²) in [4.78, 5) is 0. The molecule has 1 aromatic rings. The van der Waals surface area contributed by atoms with Crippen LogP contribution in [0.3, 0.4) is 0 Å². The van der Waals surface area contributed by atoms with Gasteiger partial charge in [-0.25, -0.2) is 0 Å². The minimum absolute atomic E-state index is 0.475. The van der Waals surface area contributed by atoms with Crippen LogP contribution in [-0.4, -0.2) is 26.8 Å². The number of methoxy groups -OCH3 is 1. The average Bonchev–Trinajstić information content (AvgIpc) is 2.40. The summed E-state index contributed by atoms with van der Waals surface area (Å²) in [7, 11) is 1.76. The van der Waals surface area contributed by atoms with Crippen molar-refractivity contribution in [2.24, 2.45) is 11.8 Å². The van der Waals surface area contributed by atoms with Crippen molar-refractivity contribution in [1.29, 1.82) is 0 Å². The van der Waals surface area contributed by atoms with Gasteiger partial charge in [0, 0.05) is 25.3 Å². The van der Waals surface area contributed by atoms with Gasteiger partial charge in [-0.1, -0.05) is 44.5 Å².